The molecule has 148 valence electrons. The van der Waals surface area contributed by atoms with Crippen LogP contribution in [0.15, 0.2) is 24.3 Å². The van der Waals surface area contributed by atoms with Gasteiger partial charge < -0.3 is 14.5 Å². The Labute approximate surface area is 162 Å². The summed E-state index contributed by atoms with van der Waals surface area (Å²) in [6.07, 6.45) is 0. The highest BCUT2D eigenvalue weighted by Crippen LogP contribution is 2.22. The summed E-state index contributed by atoms with van der Waals surface area (Å²) in [5.41, 5.74) is 2.02. The van der Waals surface area contributed by atoms with Crippen LogP contribution in [0.3, 0.4) is 0 Å². The molecule has 2 fully saturated rings. The van der Waals surface area contributed by atoms with Crippen LogP contribution in [-0.2, 0) is 14.9 Å². The first kappa shape index (κ1) is 19.8. The monoisotopic (exact) mass is 373 g/mol. The number of piperazine rings is 1. The molecule has 0 spiro atoms. The Balaban J connectivity index is 1.50. The SMILES string of the molecule is CC(C)(C)c1ccc(C(=O)N2CCN(C(=O)CN3CCOCC3)CC2)cc1. The second-order valence-electron chi connectivity index (χ2n) is 8.39. The molecule has 3 rings (SSSR count). The molecule has 0 atom stereocenters. The maximum absolute atomic E-state index is 12.8. The molecule has 0 aliphatic carbocycles. The third-order valence-corrected chi connectivity index (χ3v) is 5.38. The summed E-state index contributed by atoms with van der Waals surface area (Å²) in [4.78, 5) is 31.1. The number of nitrogens with zero attached hydrogens (tertiary/aromatic N) is 3. The number of benzene rings is 1. The van der Waals surface area contributed by atoms with Gasteiger partial charge >= 0.3 is 0 Å². The van der Waals surface area contributed by atoms with Gasteiger partial charge in [0.1, 0.15) is 0 Å². The normalized spacial score (nSPS) is 19.2. The lowest BCUT2D eigenvalue weighted by Gasteiger charge is -2.36. The molecule has 1 aromatic rings. The third-order valence-electron chi connectivity index (χ3n) is 5.38. The first-order valence-electron chi connectivity index (χ1n) is 9.82. The van der Waals surface area contributed by atoms with Crippen molar-refractivity contribution in [2.45, 2.75) is 26.2 Å². The molecule has 1 aromatic carbocycles. The second-order valence-corrected chi connectivity index (χ2v) is 8.39. The van der Waals surface area contributed by atoms with E-state index in [4.69, 9.17) is 4.74 Å². The van der Waals surface area contributed by atoms with Crippen LogP contribution < -0.4 is 0 Å². The van der Waals surface area contributed by atoms with Gasteiger partial charge in [-0.25, -0.2) is 0 Å². The van der Waals surface area contributed by atoms with Crippen molar-refractivity contribution in [1.82, 2.24) is 14.7 Å². The van der Waals surface area contributed by atoms with Gasteiger partial charge in [-0.15, -0.1) is 0 Å². The number of amides is 2. The van der Waals surface area contributed by atoms with Gasteiger partial charge in [0, 0.05) is 44.8 Å². The summed E-state index contributed by atoms with van der Waals surface area (Å²) in [5.74, 6) is 0.203. The molecule has 2 amide bonds. The number of hydrogen-bond acceptors (Lipinski definition) is 4. The van der Waals surface area contributed by atoms with E-state index in [0.29, 0.717) is 45.9 Å². The van der Waals surface area contributed by atoms with Crippen LogP contribution in [0.5, 0.6) is 0 Å². The van der Waals surface area contributed by atoms with Crippen LogP contribution in [0.4, 0.5) is 0 Å². The highest BCUT2D eigenvalue weighted by atomic mass is 16.5. The molecule has 2 heterocycles. The molecule has 0 saturated carbocycles. The standard InChI is InChI=1S/C21H31N3O3/c1-21(2,3)18-6-4-17(5-7-18)20(26)24-10-8-23(9-11-24)19(25)16-22-12-14-27-15-13-22/h4-7H,8-16H2,1-3H3. The lowest BCUT2D eigenvalue weighted by atomic mass is 9.86. The summed E-state index contributed by atoms with van der Waals surface area (Å²) in [6.45, 7) is 12.4. The zero-order valence-electron chi connectivity index (χ0n) is 16.7. The van der Waals surface area contributed by atoms with Crippen LogP contribution in [0, 0.1) is 0 Å². The number of morpholine rings is 1. The van der Waals surface area contributed by atoms with Crippen LogP contribution in [0.2, 0.25) is 0 Å². The maximum atomic E-state index is 12.8. The molecule has 0 aromatic heterocycles. The summed E-state index contributed by atoms with van der Waals surface area (Å²) >= 11 is 0. The zero-order valence-corrected chi connectivity index (χ0v) is 16.7. The van der Waals surface area contributed by atoms with E-state index in [2.05, 4.69) is 25.7 Å². The first-order chi connectivity index (χ1) is 12.8. The quantitative estimate of drug-likeness (QED) is 0.808. The van der Waals surface area contributed by atoms with Gasteiger partial charge in [0.05, 0.1) is 19.8 Å². The van der Waals surface area contributed by atoms with Crippen molar-refractivity contribution < 1.29 is 14.3 Å². The topological polar surface area (TPSA) is 53.1 Å². The van der Waals surface area contributed by atoms with Crippen molar-refractivity contribution in [3.8, 4) is 0 Å². The van der Waals surface area contributed by atoms with Gasteiger partial charge in [0.2, 0.25) is 5.91 Å². The lowest BCUT2D eigenvalue weighted by molar-refractivity contribution is -0.134. The number of carbonyl (C=O) groups excluding carboxylic acids is 2. The average molecular weight is 373 g/mol. The largest absolute Gasteiger partial charge is 0.379 e. The van der Waals surface area contributed by atoms with E-state index in [-0.39, 0.29) is 17.2 Å². The van der Waals surface area contributed by atoms with Crippen molar-refractivity contribution in [1.29, 1.82) is 0 Å². The van der Waals surface area contributed by atoms with E-state index in [1.165, 1.54) is 5.56 Å². The van der Waals surface area contributed by atoms with Gasteiger partial charge in [-0.1, -0.05) is 32.9 Å². The fourth-order valence-corrected chi connectivity index (χ4v) is 3.50. The van der Waals surface area contributed by atoms with Crippen molar-refractivity contribution in [2.75, 3.05) is 59.0 Å². The highest BCUT2D eigenvalue weighted by molar-refractivity contribution is 5.94. The molecular weight excluding hydrogens is 342 g/mol. The van der Waals surface area contributed by atoms with Crippen molar-refractivity contribution in [3.63, 3.8) is 0 Å². The van der Waals surface area contributed by atoms with Gasteiger partial charge in [-0.2, -0.15) is 0 Å². The van der Waals surface area contributed by atoms with E-state index in [1.807, 2.05) is 34.1 Å². The van der Waals surface area contributed by atoms with Crippen LogP contribution >= 0.6 is 0 Å². The zero-order chi connectivity index (χ0) is 19.4. The Morgan fingerprint density at radius 3 is 2.00 bits per heavy atom. The number of rotatable bonds is 3. The van der Waals surface area contributed by atoms with Gasteiger partial charge in [-0.3, -0.25) is 14.5 Å². The van der Waals surface area contributed by atoms with Gasteiger partial charge in [-0.05, 0) is 23.1 Å². The van der Waals surface area contributed by atoms with Crippen molar-refractivity contribution >= 4 is 11.8 Å². The van der Waals surface area contributed by atoms with Crippen LogP contribution in [0.25, 0.3) is 0 Å². The Bertz CT molecular complexity index is 652. The minimum atomic E-state index is 0.0516. The molecule has 2 aliphatic heterocycles. The molecule has 0 unspecified atom stereocenters. The number of ether oxygens (including phenoxy) is 1. The number of carbonyl (C=O) groups is 2. The molecule has 6 nitrogen and oxygen atoms in total. The molecule has 0 radical (unpaired) electrons. The number of hydrogen-bond donors (Lipinski definition) is 0. The molecule has 6 heteroatoms. The lowest BCUT2D eigenvalue weighted by Crippen LogP contribution is -2.53. The summed E-state index contributed by atoms with van der Waals surface area (Å²) in [5, 5.41) is 0. The Kier molecular flexibility index (Phi) is 6.17. The van der Waals surface area contributed by atoms with E-state index in [0.717, 1.165) is 18.7 Å². The van der Waals surface area contributed by atoms with Crippen molar-refractivity contribution in [2.24, 2.45) is 0 Å². The van der Waals surface area contributed by atoms with Gasteiger partial charge in [0.25, 0.3) is 5.91 Å². The molecule has 27 heavy (non-hydrogen) atoms. The predicted molar refractivity (Wildman–Crippen MR) is 105 cm³/mol. The van der Waals surface area contributed by atoms with E-state index in [1.54, 1.807) is 0 Å². The Hall–Kier alpha value is -1.92. The first-order valence-corrected chi connectivity index (χ1v) is 9.82. The third kappa shape index (κ3) is 5.08. The van der Waals surface area contributed by atoms with Crippen LogP contribution in [0.1, 0.15) is 36.7 Å². The summed E-state index contributed by atoms with van der Waals surface area (Å²) < 4.78 is 5.32. The van der Waals surface area contributed by atoms with Crippen LogP contribution in [-0.4, -0.2) is 85.5 Å². The molecule has 0 N–H and O–H groups in total. The van der Waals surface area contributed by atoms with E-state index < -0.39 is 0 Å². The van der Waals surface area contributed by atoms with Crippen molar-refractivity contribution in [3.05, 3.63) is 35.4 Å². The summed E-state index contributed by atoms with van der Waals surface area (Å²) in [6, 6.07) is 7.91. The molecular formula is C21H31N3O3. The van der Waals surface area contributed by atoms with E-state index in [9.17, 15) is 9.59 Å². The summed E-state index contributed by atoms with van der Waals surface area (Å²) in [7, 11) is 0. The van der Waals surface area contributed by atoms with Gasteiger partial charge in [0.15, 0.2) is 0 Å². The molecule has 0 bridgehead atoms. The Morgan fingerprint density at radius 1 is 0.889 bits per heavy atom. The second kappa shape index (κ2) is 8.40. The highest BCUT2D eigenvalue weighted by Gasteiger charge is 2.26. The molecule has 2 aliphatic rings. The average Bonchev–Trinajstić information content (AvgIpc) is 2.68. The maximum Gasteiger partial charge on any atom is 0.253 e. The molecule has 2 saturated heterocycles. The predicted octanol–water partition coefficient (Wildman–Crippen LogP) is 1.60. The van der Waals surface area contributed by atoms with E-state index >= 15 is 0 Å². The minimum Gasteiger partial charge on any atom is -0.379 e. The fraction of sp³-hybridized carbons (Fsp3) is 0.619. The smallest absolute Gasteiger partial charge is 0.253 e. The minimum absolute atomic E-state index is 0.0516. The fourth-order valence-electron chi connectivity index (χ4n) is 3.50. The Morgan fingerprint density at radius 2 is 1.44 bits per heavy atom.